The Kier molecular flexibility index (Phi) is 6.50. The van der Waals surface area contributed by atoms with E-state index in [1.807, 2.05) is 18.2 Å². The van der Waals surface area contributed by atoms with Crippen molar-refractivity contribution in [2.75, 3.05) is 32.6 Å². The second-order valence-corrected chi connectivity index (χ2v) is 6.03. The highest BCUT2D eigenvalue weighted by Crippen LogP contribution is 2.26. The van der Waals surface area contributed by atoms with Gasteiger partial charge in [-0.2, -0.15) is 0 Å². The van der Waals surface area contributed by atoms with E-state index in [-0.39, 0.29) is 12.3 Å². The summed E-state index contributed by atoms with van der Waals surface area (Å²) >= 11 is 6.12. The van der Waals surface area contributed by atoms with Crippen LogP contribution in [0.15, 0.2) is 18.2 Å². The highest BCUT2D eigenvalue weighted by molar-refractivity contribution is 6.30. The molecular formula is C16H23ClN2O4. The number of piperidine rings is 1. The summed E-state index contributed by atoms with van der Waals surface area (Å²) in [6.45, 7) is 1.09. The summed E-state index contributed by atoms with van der Waals surface area (Å²) in [7, 11) is 3.22. The van der Waals surface area contributed by atoms with Gasteiger partial charge >= 0.3 is 6.09 Å². The van der Waals surface area contributed by atoms with Crippen LogP contribution < -0.4 is 5.32 Å². The number of methoxy groups -OCH3 is 2. The van der Waals surface area contributed by atoms with E-state index in [1.165, 1.54) is 4.90 Å². The van der Waals surface area contributed by atoms with Crippen LogP contribution in [-0.2, 0) is 15.9 Å². The quantitative estimate of drug-likeness (QED) is 0.777. The molecule has 1 aromatic rings. The minimum Gasteiger partial charge on any atom is -0.465 e. The van der Waals surface area contributed by atoms with Crippen molar-refractivity contribution in [3.63, 3.8) is 0 Å². The number of hydrogen-bond acceptors (Lipinski definition) is 4. The first-order valence-corrected chi connectivity index (χ1v) is 7.99. The van der Waals surface area contributed by atoms with Crippen molar-refractivity contribution in [3.8, 4) is 0 Å². The Morgan fingerprint density at radius 2 is 2.04 bits per heavy atom. The maximum Gasteiger partial charge on any atom is 0.407 e. The second kappa shape index (κ2) is 8.38. The van der Waals surface area contributed by atoms with Gasteiger partial charge in [-0.25, -0.2) is 4.79 Å². The van der Waals surface area contributed by atoms with Gasteiger partial charge in [0.15, 0.2) is 6.29 Å². The standard InChI is InChI=1S/C16H23ClN2O4/c1-22-15(23-2)9-11-3-4-12(17)10-14(11)18-13-5-7-19(8-6-13)16(20)21/h3-4,10,13,15,18H,5-9H2,1-2H3,(H,20,21). The molecule has 0 unspecified atom stereocenters. The zero-order valence-electron chi connectivity index (χ0n) is 13.4. The summed E-state index contributed by atoms with van der Waals surface area (Å²) in [4.78, 5) is 12.4. The van der Waals surface area contributed by atoms with E-state index in [4.69, 9.17) is 26.2 Å². The predicted octanol–water partition coefficient (Wildman–Crippen LogP) is 3.06. The van der Waals surface area contributed by atoms with Gasteiger partial charge in [0.25, 0.3) is 0 Å². The zero-order chi connectivity index (χ0) is 16.8. The molecule has 1 heterocycles. The highest BCUT2D eigenvalue weighted by atomic mass is 35.5. The Morgan fingerprint density at radius 3 is 2.61 bits per heavy atom. The van der Waals surface area contributed by atoms with Crippen molar-refractivity contribution in [2.45, 2.75) is 31.6 Å². The van der Waals surface area contributed by atoms with Gasteiger partial charge in [0.05, 0.1) is 0 Å². The fraction of sp³-hybridized carbons (Fsp3) is 0.562. The van der Waals surface area contributed by atoms with Crippen molar-refractivity contribution in [3.05, 3.63) is 28.8 Å². The van der Waals surface area contributed by atoms with Gasteiger partial charge in [0.2, 0.25) is 0 Å². The van der Waals surface area contributed by atoms with Gasteiger partial charge in [-0.3, -0.25) is 0 Å². The second-order valence-electron chi connectivity index (χ2n) is 5.59. The van der Waals surface area contributed by atoms with Crippen LogP contribution in [0.25, 0.3) is 0 Å². The van der Waals surface area contributed by atoms with E-state index >= 15 is 0 Å². The van der Waals surface area contributed by atoms with Gasteiger partial charge in [-0.05, 0) is 30.5 Å². The molecule has 1 amide bonds. The van der Waals surface area contributed by atoms with Gasteiger partial charge in [-0.1, -0.05) is 17.7 Å². The molecule has 0 radical (unpaired) electrons. The van der Waals surface area contributed by atoms with Crippen LogP contribution in [-0.4, -0.2) is 55.7 Å². The summed E-state index contributed by atoms with van der Waals surface area (Å²) in [6, 6.07) is 5.92. The lowest BCUT2D eigenvalue weighted by atomic mass is 10.0. The van der Waals surface area contributed by atoms with Crippen molar-refractivity contribution >= 4 is 23.4 Å². The molecule has 1 fully saturated rings. The van der Waals surface area contributed by atoms with Crippen molar-refractivity contribution in [1.29, 1.82) is 0 Å². The summed E-state index contributed by atoms with van der Waals surface area (Å²) < 4.78 is 10.5. The third kappa shape index (κ3) is 4.99. The average Bonchev–Trinajstić information content (AvgIpc) is 2.55. The molecule has 0 spiro atoms. The monoisotopic (exact) mass is 342 g/mol. The van der Waals surface area contributed by atoms with E-state index in [1.54, 1.807) is 14.2 Å². The molecule has 7 heteroatoms. The molecule has 0 bridgehead atoms. The van der Waals surface area contributed by atoms with E-state index in [2.05, 4.69) is 5.32 Å². The number of nitrogens with one attached hydrogen (secondary N) is 1. The molecule has 23 heavy (non-hydrogen) atoms. The maximum atomic E-state index is 11.0. The van der Waals surface area contributed by atoms with Crippen molar-refractivity contribution in [1.82, 2.24) is 4.90 Å². The van der Waals surface area contributed by atoms with E-state index in [0.717, 1.165) is 24.1 Å². The van der Waals surface area contributed by atoms with Crippen molar-refractivity contribution in [2.24, 2.45) is 0 Å². The third-order valence-electron chi connectivity index (χ3n) is 4.11. The van der Waals surface area contributed by atoms with Crippen LogP contribution in [0.1, 0.15) is 18.4 Å². The van der Waals surface area contributed by atoms with Gasteiger partial charge in [-0.15, -0.1) is 0 Å². The van der Waals surface area contributed by atoms with Crippen LogP contribution in [0.4, 0.5) is 10.5 Å². The molecule has 0 atom stereocenters. The van der Waals surface area contributed by atoms with Gasteiger partial charge in [0.1, 0.15) is 0 Å². The summed E-state index contributed by atoms with van der Waals surface area (Å²) in [5.74, 6) is 0. The SMILES string of the molecule is COC(Cc1ccc(Cl)cc1NC1CCN(C(=O)O)CC1)OC. The number of ether oxygens (including phenoxy) is 2. The molecule has 0 saturated carbocycles. The summed E-state index contributed by atoms with van der Waals surface area (Å²) in [5, 5.41) is 13.2. The molecule has 1 saturated heterocycles. The van der Waals surface area contributed by atoms with E-state index in [9.17, 15) is 4.79 Å². The van der Waals surface area contributed by atoms with Crippen LogP contribution in [0, 0.1) is 0 Å². The Bertz CT molecular complexity index is 529. The van der Waals surface area contributed by atoms with Crippen LogP contribution in [0.5, 0.6) is 0 Å². The minimum atomic E-state index is -0.852. The number of hydrogen-bond donors (Lipinski definition) is 2. The Hall–Kier alpha value is -1.50. The van der Waals surface area contributed by atoms with Crippen LogP contribution >= 0.6 is 11.6 Å². The number of benzene rings is 1. The fourth-order valence-electron chi connectivity index (χ4n) is 2.74. The molecule has 1 aromatic carbocycles. The lowest BCUT2D eigenvalue weighted by Crippen LogP contribution is -2.41. The topological polar surface area (TPSA) is 71.0 Å². The lowest BCUT2D eigenvalue weighted by molar-refractivity contribution is -0.100. The van der Waals surface area contributed by atoms with E-state index in [0.29, 0.717) is 24.5 Å². The Labute approximate surface area is 141 Å². The molecule has 2 N–H and O–H groups in total. The molecule has 6 nitrogen and oxygen atoms in total. The number of amides is 1. The van der Waals surface area contributed by atoms with Crippen LogP contribution in [0.3, 0.4) is 0 Å². The van der Waals surface area contributed by atoms with Crippen LogP contribution in [0.2, 0.25) is 5.02 Å². The zero-order valence-corrected chi connectivity index (χ0v) is 14.2. The average molecular weight is 343 g/mol. The molecule has 1 aliphatic heterocycles. The highest BCUT2D eigenvalue weighted by Gasteiger charge is 2.23. The molecule has 2 rings (SSSR count). The molecule has 0 aliphatic carbocycles. The number of likely N-dealkylation sites (tertiary alicyclic amines) is 1. The lowest BCUT2D eigenvalue weighted by Gasteiger charge is -2.31. The Balaban J connectivity index is 2.04. The largest absolute Gasteiger partial charge is 0.465 e. The maximum absolute atomic E-state index is 11.0. The number of rotatable bonds is 6. The third-order valence-corrected chi connectivity index (χ3v) is 4.34. The molecule has 128 valence electrons. The normalized spacial score (nSPS) is 15.9. The smallest absolute Gasteiger partial charge is 0.407 e. The van der Waals surface area contributed by atoms with Crippen molar-refractivity contribution < 1.29 is 19.4 Å². The van der Waals surface area contributed by atoms with Gasteiger partial charge < -0.3 is 24.8 Å². The summed E-state index contributed by atoms with van der Waals surface area (Å²) in [6.07, 6.45) is 0.993. The first-order valence-electron chi connectivity index (χ1n) is 7.62. The molecular weight excluding hydrogens is 320 g/mol. The fourth-order valence-corrected chi connectivity index (χ4v) is 2.91. The number of carbonyl (C=O) groups is 1. The number of carboxylic acid groups (broad SMARTS) is 1. The molecule has 0 aromatic heterocycles. The first-order chi connectivity index (χ1) is 11.0. The first kappa shape index (κ1) is 17.8. The number of nitrogens with zero attached hydrogens (tertiary/aromatic N) is 1. The number of anilines is 1. The molecule has 1 aliphatic rings. The van der Waals surface area contributed by atoms with Gasteiger partial charge in [0, 0.05) is 50.5 Å². The summed E-state index contributed by atoms with van der Waals surface area (Å²) in [5.41, 5.74) is 2.01. The predicted molar refractivity (Wildman–Crippen MR) is 89.2 cm³/mol. The van der Waals surface area contributed by atoms with E-state index < -0.39 is 6.09 Å². The number of halogens is 1. The minimum absolute atomic E-state index is 0.228. The Morgan fingerprint density at radius 1 is 1.39 bits per heavy atom.